The van der Waals surface area contributed by atoms with Crippen molar-refractivity contribution in [1.29, 1.82) is 0 Å². The van der Waals surface area contributed by atoms with E-state index in [1.807, 2.05) is 38.1 Å². The Morgan fingerprint density at radius 1 is 1.24 bits per heavy atom. The first-order chi connectivity index (χ1) is 8.10. The van der Waals surface area contributed by atoms with E-state index in [1.165, 1.54) is 12.8 Å². The van der Waals surface area contributed by atoms with Crippen molar-refractivity contribution in [3.05, 3.63) is 29.8 Å². The van der Waals surface area contributed by atoms with Crippen LogP contribution in [0, 0.1) is 0 Å². The molecule has 1 N–H and O–H groups in total. The van der Waals surface area contributed by atoms with Crippen molar-refractivity contribution in [3.8, 4) is 5.75 Å². The van der Waals surface area contributed by atoms with E-state index in [2.05, 4.69) is 6.92 Å². The van der Waals surface area contributed by atoms with Crippen LogP contribution < -0.4 is 4.74 Å². The van der Waals surface area contributed by atoms with Crippen LogP contribution in [0.1, 0.15) is 52.0 Å². The Kier molecular flexibility index (Phi) is 5.49. The van der Waals surface area contributed by atoms with Crippen LogP contribution in [0.3, 0.4) is 0 Å². The van der Waals surface area contributed by atoms with Crippen molar-refractivity contribution in [2.45, 2.75) is 52.1 Å². The van der Waals surface area contributed by atoms with Gasteiger partial charge in [0.2, 0.25) is 0 Å². The van der Waals surface area contributed by atoms with E-state index in [0.29, 0.717) is 6.61 Å². The minimum atomic E-state index is -0.748. The smallest absolute Gasteiger partial charge is 0.119 e. The molecule has 0 saturated carbocycles. The second kappa shape index (κ2) is 6.65. The number of unbranched alkanes of at least 4 members (excludes halogenated alkanes) is 2. The third-order valence-electron chi connectivity index (χ3n) is 3.03. The molecule has 1 aromatic carbocycles. The average Bonchev–Trinajstić information content (AvgIpc) is 2.30. The largest absolute Gasteiger partial charge is 0.494 e. The Morgan fingerprint density at radius 3 is 2.65 bits per heavy atom. The van der Waals surface area contributed by atoms with Crippen LogP contribution in [0.25, 0.3) is 0 Å². The summed E-state index contributed by atoms with van der Waals surface area (Å²) in [5, 5.41) is 10.4. The molecule has 0 amide bonds. The van der Waals surface area contributed by atoms with Crippen LogP contribution in [-0.4, -0.2) is 11.7 Å². The van der Waals surface area contributed by atoms with E-state index in [9.17, 15) is 5.11 Å². The highest BCUT2D eigenvalue weighted by Gasteiger charge is 2.22. The maximum absolute atomic E-state index is 10.4. The van der Waals surface area contributed by atoms with Crippen molar-refractivity contribution in [1.82, 2.24) is 0 Å². The molecule has 0 spiro atoms. The van der Waals surface area contributed by atoms with Crippen molar-refractivity contribution >= 4 is 0 Å². The summed E-state index contributed by atoms with van der Waals surface area (Å²) in [5.41, 5.74) is 0.196. The predicted octanol–water partition coefficient (Wildman–Crippen LogP) is 3.87. The van der Waals surface area contributed by atoms with Gasteiger partial charge in [0, 0.05) is 0 Å². The molecule has 96 valence electrons. The summed E-state index contributed by atoms with van der Waals surface area (Å²) < 4.78 is 5.46. The Hall–Kier alpha value is -1.02. The molecular weight excluding hydrogens is 212 g/mol. The molecule has 2 heteroatoms. The van der Waals surface area contributed by atoms with Crippen molar-refractivity contribution in [2.75, 3.05) is 6.61 Å². The number of hydrogen-bond acceptors (Lipinski definition) is 2. The van der Waals surface area contributed by atoms with E-state index in [-0.39, 0.29) is 0 Å². The minimum absolute atomic E-state index is 0.654. The van der Waals surface area contributed by atoms with E-state index in [0.717, 1.165) is 24.2 Å². The zero-order valence-corrected chi connectivity index (χ0v) is 11.2. The van der Waals surface area contributed by atoms with Gasteiger partial charge < -0.3 is 9.84 Å². The molecule has 0 bridgehead atoms. The summed E-state index contributed by atoms with van der Waals surface area (Å²) in [7, 11) is 0. The lowest BCUT2D eigenvalue weighted by molar-refractivity contribution is 0.0447. The second-order valence-electron chi connectivity index (χ2n) is 4.69. The maximum atomic E-state index is 10.4. The molecule has 1 rings (SSSR count). The fourth-order valence-electron chi connectivity index (χ4n) is 1.95. The fraction of sp³-hybridized carbons (Fsp3) is 0.600. The minimum Gasteiger partial charge on any atom is -0.494 e. The molecule has 0 saturated heterocycles. The molecule has 0 aliphatic rings. The zero-order chi connectivity index (χ0) is 12.7. The molecule has 0 fully saturated rings. The van der Waals surface area contributed by atoms with Gasteiger partial charge in [0.05, 0.1) is 12.2 Å². The van der Waals surface area contributed by atoms with Gasteiger partial charge in [-0.2, -0.15) is 0 Å². The van der Waals surface area contributed by atoms with Crippen molar-refractivity contribution < 1.29 is 9.84 Å². The molecule has 1 aromatic rings. The quantitative estimate of drug-likeness (QED) is 0.728. The van der Waals surface area contributed by atoms with E-state index in [1.54, 1.807) is 0 Å². The molecule has 0 aliphatic carbocycles. The third kappa shape index (κ3) is 4.39. The number of aliphatic hydroxyl groups is 1. The Labute approximate surface area is 105 Å². The van der Waals surface area contributed by atoms with Gasteiger partial charge in [0.15, 0.2) is 0 Å². The second-order valence-corrected chi connectivity index (χ2v) is 4.69. The fourth-order valence-corrected chi connectivity index (χ4v) is 1.95. The monoisotopic (exact) mass is 236 g/mol. The van der Waals surface area contributed by atoms with Crippen LogP contribution in [0.4, 0.5) is 0 Å². The first-order valence-corrected chi connectivity index (χ1v) is 6.56. The SMILES string of the molecule is CCCCCC(C)(O)c1cccc(OCC)c1. The molecule has 17 heavy (non-hydrogen) atoms. The third-order valence-corrected chi connectivity index (χ3v) is 3.03. The molecule has 0 heterocycles. The number of hydrogen-bond donors (Lipinski definition) is 1. The number of benzene rings is 1. The van der Waals surface area contributed by atoms with Crippen LogP contribution in [0.5, 0.6) is 5.75 Å². The van der Waals surface area contributed by atoms with Crippen LogP contribution >= 0.6 is 0 Å². The molecule has 2 nitrogen and oxygen atoms in total. The van der Waals surface area contributed by atoms with Gasteiger partial charge in [-0.25, -0.2) is 0 Å². The Morgan fingerprint density at radius 2 is 2.00 bits per heavy atom. The van der Waals surface area contributed by atoms with E-state index < -0.39 is 5.60 Å². The molecule has 0 aromatic heterocycles. The lowest BCUT2D eigenvalue weighted by Gasteiger charge is -2.24. The highest BCUT2D eigenvalue weighted by Crippen LogP contribution is 2.29. The van der Waals surface area contributed by atoms with Crippen LogP contribution in [-0.2, 0) is 5.60 Å². The number of rotatable bonds is 7. The molecule has 1 atom stereocenters. The first-order valence-electron chi connectivity index (χ1n) is 6.56. The summed E-state index contributed by atoms with van der Waals surface area (Å²) in [4.78, 5) is 0. The van der Waals surface area contributed by atoms with Crippen molar-refractivity contribution in [3.63, 3.8) is 0 Å². The topological polar surface area (TPSA) is 29.5 Å². The Balaban J connectivity index is 2.71. The van der Waals surface area contributed by atoms with Gasteiger partial charge in [-0.05, 0) is 38.0 Å². The van der Waals surface area contributed by atoms with Gasteiger partial charge in [-0.15, -0.1) is 0 Å². The maximum Gasteiger partial charge on any atom is 0.119 e. The normalized spacial score (nSPS) is 14.4. The first kappa shape index (κ1) is 14.0. The molecular formula is C15H24O2. The molecule has 0 aliphatic heterocycles. The Bertz CT molecular complexity index is 331. The highest BCUT2D eigenvalue weighted by molar-refractivity contribution is 5.31. The van der Waals surface area contributed by atoms with Crippen molar-refractivity contribution in [2.24, 2.45) is 0 Å². The van der Waals surface area contributed by atoms with Crippen LogP contribution in [0.2, 0.25) is 0 Å². The summed E-state index contributed by atoms with van der Waals surface area (Å²) in [5.74, 6) is 0.834. The van der Waals surface area contributed by atoms with Gasteiger partial charge in [0.1, 0.15) is 5.75 Å². The summed E-state index contributed by atoms with van der Waals surface area (Å²) in [6, 6.07) is 7.77. The van der Waals surface area contributed by atoms with E-state index >= 15 is 0 Å². The summed E-state index contributed by atoms with van der Waals surface area (Å²) in [6.45, 7) is 6.67. The van der Waals surface area contributed by atoms with Gasteiger partial charge in [-0.3, -0.25) is 0 Å². The van der Waals surface area contributed by atoms with Crippen LogP contribution in [0.15, 0.2) is 24.3 Å². The summed E-state index contributed by atoms with van der Waals surface area (Å²) >= 11 is 0. The van der Waals surface area contributed by atoms with Gasteiger partial charge in [0.25, 0.3) is 0 Å². The van der Waals surface area contributed by atoms with E-state index in [4.69, 9.17) is 4.74 Å². The number of ether oxygens (including phenoxy) is 1. The predicted molar refractivity (Wildman–Crippen MR) is 71.3 cm³/mol. The zero-order valence-electron chi connectivity index (χ0n) is 11.2. The summed E-state index contributed by atoms with van der Waals surface area (Å²) in [6.07, 6.45) is 4.20. The van der Waals surface area contributed by atoms with Gasteiger partial charge >= 0.3 is 0 Å². The standard InChI is InChI=1S/C15H24O2/c1-4-6-7-11-15(3,16)13-9-8-10-14(12-13)17-5-2/h8-10,12,16H,4-7,11H2,1-3H3. The molecule has 1 unspecified atom stereocenters. The average molecular weight is 236 g/mol. The van der Waals surface area contributed by atoms with Gasteiger partial charge in [-0.1, -0.05) is 38.3 Å². The lowest BCUT2D eigenvalue weighted by Crippen LogP contribution is -2.20. The lowest BCUT2D eigenvalue weighted by atomic mass is 9.90. The molecule has 0 radical (unpaired) electrons. The highest BCUT2D eigenvalue weighted by atomic mass is 16.5.